The summed E-state index contributed by atoms with van der Waals surface area (Å²) in [5, 5.41) is 7.04. The van der Waals surface area contributed by atoms with Crippen molar-refractivity contribution in [3.05, 3.63) is 255 Å². The third kappa shape index (κ3) is 6.59. The van der Waals surface area contributed by atoms with E-state index in [0.717, 1.165) is 89.0 Å². The summed E-state index contributed by atoms with van der Waals surface area (Å²) in [6.45, 7) is 0. The number of nitrogens with zero attached hydrogens (tertiary/aromatic N) is 2. The van der Waals surface area contributed by atoms with Crippen molar-refractivity contribution in [1.29, 1.82) is 0 Å². The Morgan fingerprint density at radius 2 is 0.881 bits per heavy atom. The summed E-state index contributed by atoms with van der Waals surface area (Å²) in [6.07, 6.45) is 0. The number of hydrogen-bond acceptors (Lipinski definition) is 2. The van der Waals surface area contributed by atoms with Crippen LogP contribution in [0.4, 0.5) is 17.1 Å². The summed E-state index contributed by atoms with van der Waals surface area (Å²) < 4.78 is 9.13. The molecule has 13 aromatic rings. The third-order valence-corrected chi connectivity index (χ3v) is 13.4. The lowest BCUT2D eigenvalue weighted by Crippen LogP contribution is -2.12. The lowest BCUT2D eigenvalue weighted by atomic mass is 9.95. The van der Waals surface area contributed by atoms with Crippen LogP contribution in [0, 0.1) is 0 Å². The molecule has 0 atom stereocenters. The van der Waals surface area contributed by atoms with Crippen molar-refractivity contribution in [3.8, 4) is 50.2 Å². The Bertz CT molecular complexity index is 3920. The second-order valence-electron chi connectivity index (χ2n) is 17.3. The van der Waals surface area contributed by atoms with Gasteiger partial charge in [0.15, 0.2) is 0 Å². The van der Waals surface area contributed by atoms with Gasteiger partial charge >= 0.3 is 0 Å². The lowest BCUT2D eigenvalue weighted by molar-refractivity contribution is 0.673. The van der Waals surface area contributed by atoms with E-state index >= 15 is 0 Å². The molecule has 3 nitrogen and oxygen atoms in total. The molecule has 0 aliphatic heterocycles. The zero-order chi connectivity index (χ0) is 44.3. The average molecular weight is 855 g/mol. The van der Waals surface area contributed by atoms with Crippen LogP contribution in [0.5, 0.6) is 0 Å². The van der Waals surface area contributed by atoms with Gasteiger partial charge in [-0.25, -0.2) is 0 Å². The Labute approximate surface area is 388 Å². The number of aromatic nitrogens is 1. The summed E-state index contributed by atoms with van der Waals surface area (Å²) in [5.74, 6) is 0. The van der Waals surface area contributed by atoms with Crippen LogP contribution in [0.2, 0.25) is 0 Å². The van der Waals surface area contributed by atoms with E-state index in [2.05, 4.69) is 264 Å². The van der Waals surface area contributed by atoms with Gasteiger partial charge in [-0.3, -0.25) is 0 Å². The quantitative estimate of drug-likeness (QED) is 0.152. The normalized spacial score (nSPS) is 11.6. The van der Waals surface area contributed by atoms with Crippen LogP contribution in [0.25, 0.3) is 105 Å². The van der Waals surface area contributed by atoms with Gasteiger partial charge in [0.05, 0.1) is 22.4 Å². The Hall–Kier alpha value is -8.92. The molecule has 0 saturated carbocycles. The van der Waals surface area contributed by atoms with Gasteiger partial charge in [-0.15, -0.1) is 0 Å². The molecule has 13 rings (SSSR count). The summed E-state index contributed by atoms with van der Waals surface area (Å²) in [4.78, 5) is 2.43. The van der Waals surface area contributed by atoms with E-state index in [9.17, 15) is 0 Å². The minimum absolute atomic E-state index is 0.870. The predicted octanol–water partition coefficient (Wildman–Crippen LogP) is 18.0. The number of rotatable bonds is 8. The first-order chi connectivity index (χ1) is 33.2. The van der Waals surface area contributed by atoms with Crippen LogP contribution < -0.4 is 4.90 Å². The molecule has 0 unspecified atom stereocenters. The summed E-state index contributed by atoms with van der Waals surface area (Å²) >= 11 is 0. The highest BCUT2D eigenvalue weighted by Gasteiger charge is 2.23. The monoisotopic (exact) mass is 854 g/mol. The smallest absolute Gasteiger partial charge is 0.143 e. The van der Waals surface area contributed by atoms with E-state index in [1.54, 1.807) is 0 Å². The molecule has 0 aliphatic carbocycles. The van der Waals surface area contributed by atoms with Crippen LogP contribution in [-0.2, 0) is 0 Å². The molecule has 0 fully saturated rings. The molecular formula is C64H42N2O. The Kier molecular flexibility index (Phi) is 9.17. The van der Waals surface area contributed by atoms with Crippen LogP contribution >= 0.6 is 0 Å². The summed E-state index contributed by atoms with van der Waals surface area (Å²) in [6, 6.07) is 91.9. The van der Waals surface area contributed by atoms with Crippen molar-refractivity contribution in [1.82, 2.24) is 4.57 Å². The van der Waals surface area contributed by atoms with Crippen LogP contribution in [0.3, 0.4) is 0 Å². The minimum atomic E-state index is 0.870. The van der Waals surface area contributed by atoms with Gasteiger partial charge in [0.1, 0.15) is 11.2 Å². The highest BCUT2D eigenvalue weighted by Crippen LogP contribution is 2.47. The van der Waals surface area contributed by atoms with E-state index in [4.69, 9.17) is 4.42 Å². The fourth-order valence-electron chi connectivity index (χ4n) is 10.2. The standard InChI is InChI=1S/C64H42N2O/c1-3-16-43(17-4-1)48-34-39-62(58(41-48)45-18-5-2-6-19-45)65(59-27-12-9-23-52(59)49-33-37-56-57-38-32-46-20-7-8-24-53(46)64(57)67-63(56)42-49)50-35-30-44(31-36-50)47-21-15-22-51(40-47)66-60-28-13-10-25-54(60)55-26-11-14-29-61(55)66/h1-42H. The van der Waals surface area contributed by atoms with Gasteiger partial charge < -0.3 is 13.9 Å². The zero-order valence-corrected chi connectivity index (χ0v) is 36.6. The second-order valence-corrected chi connectivity index (χ2v) is 17.3. The number of benzene rings is 11. The van der Waals surface area contributed by atoms with Crippen molar-refractivity contribution >= 4 is 71.6 Å². The summed E-state index contributed by atoms with van der Waals surface area (Å²) in [7, 11) is 0. The molecule has 2 aromatic heterocycles. The Morgan fingerprint density at radius 1 is 0.313 bits per heavy atom. The largest absolute Gasteiger partial charge is 0.455 e. The van der Waals surface area contributed by atoms with E-state index in [0.29, 0.717) is 0 Å². The molecule has 0 amide bonds. The molecule has 3 heteroatoms. The SMILES string of the molecule is c1ccc(-c2ccc(N(c3ccc(-c4cccc(-n5c6ccccc6c6ccccc65)c4)cc3)c3ccccc3-c3ccc4c(c3)oc3c5ccccc5ccc43)c(-c3ccccc3)c2)cc1. The maximum Gasteiger partial charge on any atom is 0.143 e. The Morgan fingerprint density at radius 3 is 1.66 bits per heavy atom. The molecule has 0 aliphatic rings. The third-order valence-electron chi connectivity index (χ3n) is 13.4. The molecule has 67 heavy (non-hydrogen) atoms. The fraction of sp³-hybridized carbons (Fsp3) is 0. The Balaban J connectivity index is 0.976. The first-order valence-corrected chi connectivity index (χ1v) is 22.9. The van der Waals surface area contributed by atoms with Crippen LogP contribution in [0.15, 0.2) is 259 Å². The molecular weight excluding hydrogens is 813 g/mol. The number of para-hydroxylation sites is 3. The average Bonchev–Trinajstić information content (AvgIpc) is 3.96. The number of hydrogen-bond donors (Lipinski definition) is 0. The molecule has 2 heterocycles. The van der Waals surface area contributed by atoms with Crippen molar-refractivity contribution in [2.45, 2.75) is 0 Å². The molecule has 0 saturated heterocycles. The first-order valence-electron chi connectivity index (χ1n) is 22.9. The minimum Gasteiger partial charge on any atom is -0.455 e. The highest BCUT2D eigenvalue weighted by atomic mass is 16.3. The zero-order valence-electron chi connectivity index (χ0n) is 36.6. The maximum absolute atomic E-state index is 6.74. The van der Waals surface area contributed by atoms with Crippen molar-refractivity contribution < 1.29 is 4.42 Å². The van der Waals surface area contributed by atoms with E-state index in [1.807, 2.05) is 0 Å². The summed E-state index contributed by atoms with van der Waals surface area (Å²) in [5.41, 5.74) is 17.6. The van der Waals surface area contributed by atoms with Gasteiger partial charge in [-0.1, -0.05) is 182 Å². The van der Waals surface area contributed by atoms with E-state index in [1.165, 1.54) is 32.8 Å². The molecule has 0 radical (unpaired) electrons. The van der Waals surface area contributed by atoms with E-state index in [-0.39, 0.29) is 0 Å². The van der Waals surface area contributed by atoms with Gasteiger partial charge in [0, 0.05) is 49.4 Å². The molecule has 0 bridgehead atoms. The van der Waals surface area contributed by atoms with Gasteiger partial charge in [-0.2, -0.15) is 0 Å². The molecule has 0 N–H and O–H groups in total. The number of furan rings is 1. The van der Waals surface area contributed by atoms with Crippen molar-refractivity contribution in [2.75, 3.05) is 4.90 Å². The van der Waals surface area contributed by atoms with E-state index < -0.39 is 0 Å². The molecule has 314 valence electrons. The lowest BCUT2D eigenvalue weighted by Gasteiger charge is -2.30. The second kappa shape index (κ2) is 16.0. The predicted molar refractivity (Wildman–Crippen MR) is 282 cm³/mol. The molecule has 11 aromatic carbocycles. The van der Waals surface area contributed by atoms with Gasteiger partial charge in [0.2, 0.25) is 0 Å². The topological polar surface area (TPSA) is 21.3 Å². The maximum atomic E-state index is 6.74. The van der Waals surface area contributed by atoms with Crippen LogP contribution in [-0.4, -0.2) is 4.57 Å². The van der Waals surface area contributed by atoms with Crippen molar-refractivity contribution in [2.24, 2.45) is 0 Å². The number of anilines is 3. The highest BCUT2D eigenvalue weighted by molar-refractivity contribution is 6.15. The van der Waals surface area contributed by atoms with Crippen LogP contribution in [0.1, 0.15) is 0 Å². The molecule has 0 spiro atoms. The van der Waals surface area contributed by atoms with Gasteiger partial charge in [-0.05, 0) is 112 Å². The number of fused-ring (bicyclic) bond motifs is 8. The first kappa shape index (κ1) is 38.5. The van der Waals surface area contributed by atoms with Gasteiger partial charge in [0.25, 0.3) is 0 Å². The fourth-order valence-corrected chi connectivity index (χ4v) is 10.2. The van der Waals surface area contributed by atoms with Crippen molar-refractivity contribution in [3.63, 3.8) is 0 Å².